The fourth-order valence-corrected chi connectivity index (χ4v) is 1.54. The van der Waals surface area contributed by atoms with Crippen molar-refractivity contribution in [2.24, 2.45) is 0 Å². The van der Waals surface area contributed by atoms with Crippen molar-refractivity contribution < 1.29 is 14.3 Å². The van der Waals surface area contributed by atoms with Crippen molar-refractivity contribution in [1.82, 2.24) is 16.0 Å². The largest absolute Gasteiger partial charge is 0.375 e. The maximum atomic E-state index is 11.5. The molecule has 1 saturated heterocycles. The van der Waals surface area contributed by atoms with Gasteiger partial charge in [0.05, 0.1) is 25.7 Å². The summed E-state index contributed by atoms with van der Waals surface area (Å²) in [5.41, 5.74) is 0. The van der Waals surface area contributed by atoms with Gasteiger partial charge in [0.2, 0.25) is 11.8 Å². The van der Waals surface area contributed by atoms with Gasteiger partial charge in [-0.2, -0.15) is 0 Å². The number of nitrogens with one attached hydrogen (secondary N) is 3. The van der Waals surface area contributed by atoms with E-state index in [0.717, 1.165) is 13.0 Å². The Morgan fingerprint density at radius 2 is 2.18 bits per heavy atom. The van der Waals surface area contributed by atoms with Crippen LogP contribution in [-0.4, -0.2) is 50.7 Å². The molecule has 0 bridgehead atoms. The summed E-state index contributed by atoms with van der Waals surface area (Å²) in [5, 5.41) is 8.42. The molecule has 0 aromatic rings. The van der Waals surface area contributed by atoms with Crippen LogP contribution in [0.5, 0.6) is 0 Å². The van der Waals surface area contributed by atoms with Crippen LogP contribution in [0.4, 0.5) is 0 Å². The van der Waals surface area contributed by atoms with Gasteiger partial charge < -0.3 is 20.7 Å². The molecule has 3 N–H and O–H groups in total. The van der Waals surface area contributed by atoms with Crippen LogP contribution in [-0.2, 0) is 14.3 Å². The molecular formula is C11H21N3O3. The van der Waals surface area contributed by atoms with Crippen LogP contribution in [0.15, 0.2) is 0 Å². The van der Waals surface area contributed by atoms with Gasteiger partial charge in [-0.25, -0.2) is 0 Å². The van der Waals surface area contributed by atoms with Crippen molar-refractivity contribution in [2.75, 3.05) is 32.8 Å². The minimum Gasteiger partial charge on any atom is -0.375 e. The average molecular weight is 243 g/mol. The Morgan fingerprint density at radius 1 is 1.35 bits per heavy atom. The topological polar surface area (TPSA) is 79.5 Å². The highest BCUT2D eigenvalue weighted by Crippen LogP contribution is 2.00. The lowest BCUT2D eigenvalue weighted by Gasteiger charge is -2.22. The van der Waals surface area contributed by atoms with Crippen LogP contribution in [0, 0.1) is 0 Å². The zero-order chi connectivity index (χ0) is 12.5. The third-order valence-electron chi connectivity index (χ3n) is 2.44. The van der Waals surface area contributed by atoms with Crippen molar-refractivity contribution in [3.8, 4) is 0 Å². The minimum absolute atomic E-state index is 0.0407. The fraction of sp³-hybridized carbons (Fsp3) is 0.818. The summed E-state index contributed by atoms with van der Waals surface area (Å²) >= 11 is 0. The van der Waals surface area contributed by atoms with E-state index in [9.17, 15) is 9.59 Å². The molecule has 0 aromatic carbocycles. The van der Waals surface area contributed by atoms with Crippen LogP contribution in [0.2, 0.25) is 0 Å². The molecule has 6 nitrogen and oxygen atoms in total. The SMILES string of the molecule is CCCNC(=O)CNC(=O)CC1CNCCO1. The summed E-state index contributed by atoms with van der Waals surface area (Å²) in [5.74, 6) is -0.298. The van der Waals surface area contributed by atoms with E-state index in [1.54, 1.807) is 0 Å². The van der Waals surface area contributed by atoms with E-state index in [-0.39, 0.29) is 24.5 Å². The highest BCUT2D eigenvalue weighted by Gasteiger charge is 2.17. The van der Waals surface area contributed by atoms with Gasteiger partial charge >= 0.3 is 0 Å². The van der Waals surface area contributed by atoms with Gasteiger partial charge in [0.25, 0.3) is 0 Å². The van der Waals surface area contributed by atoms with Crippen molar-refractivity contribution in [3.05, 3.63) is 0 Å². The molecule has 98 valence electrons. The van der Waals surface area contributed by atoms with Gasteiger partial charge in [-0.3, -0.25) is 9.59 Å². The molecule has 1 rings (SSSR count). The van der Waals surface area contributed by atoms with Crippen molar-refractivity contribution in [3.63, 3.8) is 0 Å². The number of rotatable bonds is 6. The second kappa shape index (κ2) is 8.03. The van der Waals surface area contributed by atoms with Crippen LogP contribution < -0.4 is 16.0 Å². The first-order valence-corrected chi connectivity index (χ1v) is 6.08. The van der Waals surface area contributed by atoms with Gasteiger partial charge in [0.1, 0.15) is 0 Å². The maximum Gasteiger partial charge on any atom is 0.239 e. The molecule has 2 amide bonds. The van der Waals surface area contributed by atoms with Crippen molar-refractivity contribution in [1.29, 1.82) is 0 Å². The number of carbonyl (C=O) groups is 2. The van der Waals surface area contributed by atoms with E-state index in [1.165, 1.54) is 0 Å². The van der Waals surface area contributed by atoms with Crippen LogP contribution >= 0.6 is 0 Å². The second-order valence-corrected chi connectivity index (χ2v) is 4.03. The first-order chi connectivity index (χ1) is 8.22. The van der Waals surface area contributed by atoms with Gasteiger partial charge in [0, 0.05) is 19.6 Å². The molecule has 17 heavy (non-hydrogen) atoms. The Balaban J connectivity index is 2.09. The van der Waals surface area contributed by atoms with Gasteiger partial charge in [0.15, 0.2) is 0 Å². The quantitative estimate of drug-likeness (QED) is 0.559. The van der Waals surface area contributed by atoms with Crippen LogP contribution in [0.1, 0.15) is 19.8 Å². The summed E-state index contributed by atoms with van der Waals surface area (Å²) in [4.78, 5) is 22.7. The lowest BCUT2D eigenvalue weighted by Crippen LogP contribution is -2.43. The van der Waals surface area contributed by atoms with Crippen molar-refractivity contribution in [2.45, 2.75) is 25.9 Å². The average Bonchev–Trinajstić information content (AvgIpc) is 2.35. The van der Waals surface area contributed by atoms with Crippen LogP contribution in [0.3, 0.4) is 0 Å². The first-order valence-electron chi connectivity index (χ1n) is 6.08. The van der Waals surface area contributed by atoms with E-state index in [2.05, 4.69) is 16.0 Å². The third-order valence-corrected chi connectivity index (χ3v) is 2.44. The number of morpholine rings is 1. The number of carbonyl (C=O) groups excluding carboxylic acids is 2. The summed E-state index contributed by atoms with van der Waals surface area (Å²) < 4.78 is 5.40. The highest BCUT2D eigenvalue weighted by molar-refractivity contribution is 5.84. The van der Waals surface area contributed by atoms with Crippen molar-refractivity contribution >= 4 is 11.8 Å². The normalized spacial score (nSPS) is 19.7. The molecule has 0 spiro atoms. The van der Waals surface area contributed by atoms with Gasteiger partial charge in [-0.05, 0) is 6.42 Å². The first kappa shape index (κ1) is 13.9. The fourth-order valence-electron chi connectivity index (χ4n) is 1.54. The predicted molar refractivity (Wildman–Crippen MR) is 63.5 cm³/mol. The number of amides is 2. The van der Waals surface area contributed by atoms with E-state index >= 15 is 0 Å². The van der Waals surface area contributed by atoms with Gasteiger partial charge in [-0.1, -0.05) is 6.92 Å². The lowest BCUT2D eigenvalue weighted by molar-refractivity contribution is -0.128. The Bertz CT molecular complexity index is 252. The van der Waals surface area contributed by atoms with Crippen LogP contribution in [0.25, 0.3) is 0 Å². The maximum absolute atomic E-state index is 11.5. The smallest absolute Gasteiger partial charge is 0.239 e. The predicted octanol–water partition coefficient (Wildman–Crippen LogP) is -0.993. The molecule has 0 radical (unpaired) electrons. The summed E-state index contributed by atoms with van der Waals surface area (Å²) in [6.07, 6.45) is 1.11. The molecule has 1 fully saturated rings. The van der Waals surface area contributed by atoms with Gasteiger partial charge in [-0.15, -0.1) is 0 Å². The molecule has 0 saturated carbocycles. The summed E-state index contributed by atoms with van der Waals surface area (Å²) in [7, 11) is 0. The number of ether oxygens (including phenoxy) is 1. The molecule has 6 heteroatoms. The highest BCUT2D eigenvalue weighted by atomic mass is 16.5. The molecule has 0 aromatic heterocycles. The molecule has 1 heterocycles. The molecular weight excluding hydrogens is 222 g/mol. The molecule has 1 atom stereocenters. The number of hydrogen-bond acceptors (Lipinski definition) is 4. The monoisotopic (exact) mass is 243 g/mol. The molecule has 0 aliphatic carbocycles. The van der Waals surface area contributed by atoms with E-state index < -0.39 is 0 Å². The Labute approximate surface area is 101 Å². The Kier molecular flexibility index (Phi) is 6.57. The molecule has 1 aliphatic heterocycles. The molecule has 1 aliphatic rings. The Hall–Kier alpha value is -1.14. The van der Waals surface area contributed by atoms with E-state index in [4.69, 9.17) is 4.74 Å². The minimum atomic E-state index is -0.150. The number of hydrogen-bond donors (Lipinski definition) is 3. The standard InChI is InChI=1S/C11H21N3O3/c1-2-3-13-11(16)8-14-10(15)6-9-7-12-4-5-17-9/h9,12H,2-8H2,1H3,(H,13,16)(H,14,15). The Morgan fingerprint density at radius 3 is 2.82 bits per heavy atom. The zero-order valence-corrected chi connectivity index (χ0v) is 10.3. The summed E-state index contributed by atoms with van der Waals surface area (Å²) in [6.45, 7) is 4.82. The zero-order valence-electron chi connectivity index (χ0n) is 10.3. The van der Waals surface area contributed by atoms with E-state index in [1.807, 2.05) is 6.92 Å². The third kappa shape index (κ3) is 6.23. The molecule has 1 unspecified atom stereocenters. The van der Waals surface area contributed by atoms with E-state index in [0.29, 0.717) is 26.1 Å². The summed E-state index contributed by atoms with van der Waals surface area (Å²) in [6, 6.07) is 0. The lowest BCUT2D eigenvalue weighted by atomic mass is 10.2. The second-order valence-electron chi connectivity index (χ2n) is 4.03.